The molecular weight excluding hydrogens is 937 g/mol. The molecule has 0 aromatic rings. The van der Waals surface area contributed by atoms with E-state index in [1.165, 1.54) is 161 Å². The second kappa shape index (κ2) is 63.9. The molecule has 436 valence electrons. The van der Waals surface area contributed by atoms with Crippen molar-refractivity contribution in [2.45, 2.75) is 316 Å². The zero-order chi connectivity index (χ0) is 55.0. The van der Waals surface area contributed by atoms with Crippen molar-refractivity contribution >= 4 is 17.9 Å². The van der Waals surface area contributed by atoms with Crippen LogP contribution < -0.4 is 0 Å². The Morgan fingerprint density at radius 1 is 0.276 bits per heavy atom. The lowest BCUT2D eigenvalue weighted by molar-refractivity contribution is -0.167. The molecule has 0 saturated carbocycles. The van der Waals surface area contributed by atoms with Crippen molar-refractivity contribution in [2.24, 2.45) is 0 Å². The van der Waals surface area contributed by atoms with Gasteiger partial charge in [-0.3, -0.25) is 14.4 Å². The highest BCUT2D eigenvalue weighted by Crippen LogP contribution is 2.16. The van der Waals surface area contributed by atoms with Crippen molar-refractivity contribution in [3.8, 4) is 0 Å². The SMILES string of the molecule is CC/C=C\C/C=C\C/C=C\C/C=C\C/C=C\CCCCCC(=O)OC(COC(=O)CCCCCCC/C=C\CCCCCCC)COC(=O)CCCCCCCCCCCCCCC/C=C\C/C=C\CCCCCCC. The van der Waals surface area contributed by atoms with Gasteiger partial charge in [0.1, 0.15) is 13.2 Å². The molecule has 0 amide bonds. The van der Waals surface area contributed by atoms with Gasteiger partial charge in [0.2, 0.25) is 0 Å². The molecule has 0 radical (unpaired) electrons. The first-order valence-corrected chi connectivity index (χ1v) is 32.2. The van der Waals surface area contributed by atoms with Crippen LogP contribution >= 0.6 is 0 Å². The van der Waals surface area contributed by atoms with Gasteiger partial charge in [-0.25, -0.2) is 0 Å². The molecule has 0 aromatic heterocycles. The fraction of sp³-hybridized carbons (Fsp3) is 0.729. The van der Waals surface area contributed by atoms with Gasteiger partial charge in [0.25, 0.3) is 0 Å². The summed E-state index contributed by atoms with van der Waals surface area (Å²) in [6.45, 7) is 6.50. The second-order valence-electron chi connectivity index (χ2n) is 21.3. The molecule has 0 aliphatic rings. The summed E-state index contributed by atoms with van der Waals surface area (Å²) in [5, 5.41) is 0. The van der Waals surface area contributed by atoms with Crippen LogP contribution in [0.15, 0.2) is 97.2 Å². The third-order valence-corrected chi connectivity index (χ3v) is 13.8. The molecule has 0 fully saturated rings. The highest BCUT2D eigenvalue weighted by Gasteiger charge is 2.19. The summed E-state index contributed by atoms with van der Waals surface area (Å²) in [5.41, 5.74) is 0. The monoisotopic (exact) mass is 1060 g/mol. The van der Waals surface area contributed by atoms with E-state index in [-0.39, 0.29) is 37.5 Å². The lowest BCUT2D eigenvalue weighted by Gasteiger charge is -2.18. The van der Waals surface area contributed by atoms with E-state index < -0.39 is 6.10 Å². The number of hydrogen-bond acceptors (Lipinski definition) is 6. The lowest BCUT2D eigenvalue weighted by Crippen LogP contribution is -2.30. The van der Waals surface area contributed by atoms with Crippen LogP contribution in [0.2, 0.25) is 0 Å². The fourth-order valence-electron chi connectivity index (χ4n) is 8.97. The van der Waals surface area contributed by atoms with Gasteiger partial charge in [-0.05, 0) is 122 Å². The molecule has 0 saturated heterocycles. The Kier molecular flexibility index (Phi) is 60.8. The van der Waals surface area contributed by atoms with Crippen LogP contribution in [-0.2, 0) is 28.6 Å². The molecule has 0 aliphatic heterocycles. The Balaban J connectivity index is 4.37. The Bertz CT molecular complexity index is 1490. The topological polar surface area (TPSA) is 78.9 Å². The lowest BCUT2D eigenvalue weighted by atomic mass is 10.0. The molecule has 76 heavy (non-hydrogen) atoms. The van der Waals surface area contributed by atoms with E-state index in [2.05, 4.69) is 118 Å². The standard InChI is InChI=1S/C70H120O6/c1-4-7-10-13-16-19-22-25-28-30-32-33-34-35-36-37-39-40-42-45-48-51-54-57-60-63-69(72)75-66-67(65-74-68(71)62-59-56-53-50-47-44-27-24-21-18-15-12-9-6-3)76-70(73)64-61-58-55-52-49-46-43-41-38-31-29-26-23-20-17-14-11-8-5-2/h8,11,17,20,22,24-27,29-30,32,38,41,46,49,67H,4-7,9-10,12-16,18-19,21,23,28,31,33-37,39-40,42-45,47-48,50-66H2,1-3H3/b11-8-,20-17-,25-22-,27-24-,29-26-,32-30-,41-38-,49-46-. The number of rotatable bonds is 58. The van der Waals surface area contributed by atoms with Crippen LogP contribution in [0.3, 0.4) is 0 Å². The van der Waals surface area contributed by atoms with Gasteiger partial charge in [-0.15, -0.1) is 0 Å². The molecule has 0 heterocycles. The maximum Gasteiger partial charge on any atom is 0.306 e. The molecule has 1 atom stereocenters. The molecule has 0 N–H and O–H groups in total. The minimum absolute atomic E-state index is 0.0932. The highest BCUT2D eigenvalue weighted by atomic mass is 16.6. The van der Waals surface area contributed by atoms with Gasteiger partial charge >= 0.3 is 17.9 Å². The maximum atomic E-state index is 12.9. The largest absolute Gasteiger partial charge is 0.462 e. The second-order valence-corrected chi connectivity index (χ2v) is 21.3. The molecule has 0 aliphatic carbocycles. The summed E-state index contributed by atoms with van der Waals surface area (Å²) in [6, 6.07) is 0. The van der Waals surface area contributed by atoms with E-state index in [0.29, 0.717) is 12.8 Å². The van der Waals surface area contributed by atoms with Crippen molar-refractivity contribution in [2.75, 3.05) is 13.2 Å². The summed E-state index contributed by atoms with van der Waals surface area (Å²) >= 11 is 0. The van der Waals surface area contributed by atoms with Crippen molar-refractivity contribution in [1.29, 1.82) is 0 Å². The number of esters is 3. The van der Waals surface area contributed by atoms with Crippen LogP contribution in [-0.4, -0.2) is 37.2 Å². The third kappa shape index (κ3) is 61.2. The number of ether oxygens (including phenoxy) is 3. The Morgan fingerprint density at radius 2 is 0.513 bits per heavy atom. The van der Waals surface area contributed by atoms with E-state index in [9.17, 15) is 14.4 Å². The van der Waals surface area contributed by atoms with E-state index in [4.69, 9.17) is 14.2 Å². The predicted molar refractivity (Wildman–Crippen MR) is 330 cm³/mol. The Morgan fingerprint density at radius 3 is 0.829 bits per heavy atom. The minimum Gasteiger partial charge on any atom is -0.462 e. The average molecular weight is 1060 g/mol. The summed E-state index contributed by atoms with van der Waals surface area (Å²) in [6.07, 6.45) is 85.6. The number of unbranched alkanes of at least 4 members (excludes halogenated alkanes) is 31. The van der Waals surface area contributed by atoms with Gasteiger partial charge < -0.3 is 14.2 Å². The molecule has 1 unspecified atom stereocenters. The molecule has 0 aromatic carbocycles. The highest BCUT2D eigenvalue weighted by molar-refractivity contribution is 5.71. The van der Waals surface area contributed by atoms with Crippen LogP contribution in [0, 0.1) is 0 Å². The van der Waals surface area contributed by atoms with Gasteiger partial charge in [0.15, 0.2) is 6.10 Å². The first kappa shape index (κ1) is 72.3. The minimum atomic E-state index is -0.800. The number of carbonyl (C=O) groups excluding carboxylic acids is 3. The third-order valence-electron chi connectivity index (χ3n) is 13.8. The van der Waals surface area contributed by atoms with E-state index in [1.54, 1.807) is 0 Å². The van der Waals surface area contributed by atoms with Crippen LogP contribution in [0.5, 0.6) is 0 Å². The van der Waals surface area contributed by atoms with Crippen LogP contribution in [0.4, 0.5) is 0 Å². The van der Waals surface area contributed by atoms with Gasteiger partial charge in [0, 0.05) is 19.3 Å². The molecular formula is C70H120O6. The van der Waals surface area contributed by atoms with E-state index in [0.717, 1.165) is 109 Å². The van der Waals surface area contributed by atoms with Gasteiger partial charge in [0.05, 0.1) is 0 Å². The van der Waals surface area contributed by atoms with E-state index >= 15 is 0 Å². The molecule has 0 spiro atoms. The maximum absolute atomic E-state index is 12.9. The molecule has 6 nitrogen and oxygen atoms in total. The zero-order valence-corrected chi connectivity index (χ0v) is 50.0. The van der Waals surface area contributed by atoms with Crippen LogP contribution in [0.25, 0.3) is 0 Å². The smallest absolute Gasteiger partial charge is 0.306 e. The Hall–Kier alpha value is -3.67. The quantitative estimate of drug-likeness (QED) is 0.0261. The van der Waals surface area contributed by atoms with E-state index in [1.807, 2.05) is 0 Å². The predicted octanol–water partition coefficient (Wildman–Crippen LogP) is 22.0. The Labute approximate surface area is 470 Å². The first-order chi connectivity index (χ1) is 37.5. The summed E-state index contributed by atoms with van der Waals surface area (Å²) in [4.78, 5) is 38.3. The molecule has 0 bridgehead atoms. The first-order valence-electron chi connectivity index (χ1n) is 32.2. The number of hydrogen-bond donors (Lipinski definition) is 0. The fourth-order valence-corrected chi connectivity index (χ4v) is 8.97. The summed E-state index contributed by atoms with van der Waals surface area (Å²) in [7, 11) is 0. The van der Waals surface area contributed by atoms with Crippen molar-refractivity contribution < 1.29 is 28.6 Å². The van der Waals surface area contributed by atoms with Crippen molar-refractivity contribution in [3.05, 3.63) is 97.2 Å². The van der Waals surface area contributed by atoms with Gasteiger partial charge in [-0.1, -0.05) is 266 Å². The van der Waals surface area contributed by atoms with Crippen LogP contribution in [0.1, 0.15) is 310 Å². The zero-order valence-electron chi connectivity index (χ0n) is 50.0. The van der Waals surface area contributed by atoms with Crippen molar-refractivity contribution in [1.82, 2.24) is 0 Å². The molecule has 0 rings (SSSR count). The average Bonchev–Trinajstić information content (AvgIpc) is 3.42. The normalized spacial score (nSPS) is 12.7. The summed E-state index contributed by atoms with van der Waals surface area (Å²) < 4.78 is 16.9. The van der Waals surface area contributed by atoms with Gasteiger partial charge in [-0.2, -0.15) is 0 Å². The summed E-state index contributed by atoms with van der Waals surface area (Å²) in [5.74, 6) is -0.926. The number of allylic oxidation sites excluding steroid dienone is 16. The van der Waals surface area contributed by atoms with Crippen molar-refractivity contribution in [3.63, 3.8) is 0 Å². The molecule has 6 heteroatoms. The number of carbonyl (C=O) groups is 3.